The van der Waals surface area contributed by atoms with Gasteiger partial charge in [-0.2, -0.15) is 10.1 Å². The zero-order valence-corrected chi connectivity index (χ0v) is 17.1. The Hall–Kier alpha value is -3.85. The molecule has 3 aromatic rings. The first-order valence-corrected chi connectivity index (χ1v) is 10.4. The Balaban J connectivity index is 1.27. The molecule has 4 rings (SSSR count). The number of carbonyl (C=O) groups is 3. The average molecular weight is 434 g/mol. The van der Waals surface area contributed by atoms with Crippen LogP contribution in [0.15, 0.2) is 87.4 Å². The van der Waals surface area contributed by atoms with Crippen LogP contribution in [-0.4, -0.2) is 29.3 Å². The van der Waals surface area contributed by atoms with Crippen molar-refractivity contribution in [1.29, 1.82) is 0 Å². The molecule has 0 unspecified atom stereocenters. The van der Waals surface area contributed by atoms with Gasteiger partial charge in [0.2, 0.25) is 5.91 Å². The molecule has 2 heterocycles. The van der Waals surface area contributed by atoms with Crippen LogP contribution < -0.4 is 15.6 Å². The van der Waals surface area contributed by atoms with Gasteiger partial charge in [0.15, 0.2) is 5.76 Å². The van der Waals surface area contributed by atoms with Crippen molar-refractivity contribution >= 4 is 46.7 Å². The fourth-order valence-electron chi connectivity index (χ4n) is 2.85. The van der Waals surface area contributed by atoms with E-state index in [0.29, 0.717) is 17.2 Å². The van der Waals surface area contributed by atoms with E-state index < -0.39 is 0 Å². The Morgan fingerprint density at radius 2 is 1.77 bits per heavy atom. The zero-order valence-electron chi connectivity index (χ0n) is 16.3. The zero-order chi connectivity index (χ0) is 21.6. The molecule has 0 radical (unpaired) electrons. The minimum absolute atomic E-state index is 0.0510. The number of amidine groups is 1. The highest BCUT2D eigenvalue weighted by atomic mass is 32.2. The Labute approximate surface area is 182 Å². The van der Waals surface area contributed by atoms with Gasteiger partial charge in [-0.05, 0) is 48.5 Å². The highest BCUT2D eigenvalue weighted by Crippen LogP contribution is 2.22. The molecule has 1 aliphatic rings. The fourth-order valence-corrected chi connectivity index (χ4v) is 3.55. The normalized spacial score (nSPS) is 13.1. The summed E-state index contributed by atoms with van der Waals surface area (Å²) in [6.07, 6.45) is 1.49. The van der Waals surface area contributed by atoms with E-state index in [9.17, 15) is 14.4 Å². The molecule has 2 N–H and O–H groups in total. The number of nitrogens with one attached hydrogen (secondary N) is 2. The molecule has 2 aromatic carbocycles. The highest BCUT2D eigenvalue weighted by Gasteiger charge is 2.26. The van der Waals surface area contributed by atoms with E-state index in [-0.39, 0.29) is 35.7 Å². The minimum atomic E-state index is -0.332. The second-order valence-corrected chi connectivity index (χ2v) is 7.61. The van der Waals surface area contributed by atoms with Gasteiger partial charge in [-0.3, -0.25) is 14.4 Å². The molecule has 1 aliphatic heterocycles. The van der Waals surface area contributed by atoms with Crippen LogP contribution in [0.3, 0.4) is 0 Å². The van der Waals surface area contributed by atoms with Crippen molar-refractivity contribution in [2.24, 2.45) is 5.10 Å². The van der Waals surface area contributed by atoms with Crippen molar-refractivity contribution in [3.8, 4) is 0 Å². The van der Waals surface area contributed by atoms with Crippen molar-refractivity contribution in [3.05, 3.63) is 78.8 Å². The number of amides is 3. The molecule has 31 heavy (non-hydrogen) atoms. The first-order chi connectivity index (χ1) is 15.1. The lowest BCUT2D eigenvalue weighted by atomic mass is 10.3. The van der Waals surface area contributed by atoms with E-state index in [1.165, 1.54) is 23.0 Å². The molecule has 0 bridgehead atoms. The van der Waals surface area contributed by atoms with E-state index in [2.05, 4.69) is 15.7 Å². The third-order valence-electron chi connectivity index (χ3n) is 4.29. The maximum absolute atomic E-state index is 12.3. The van der Waals surface area contributed by atoms with Gasteiger partial charge in [-0.15, -0.1) is 11.8 Å². The lowest BCUT2D eigenvalue weighted by molar-refractivity contribution is -0.117. The van der Waals surface area contributed by atoms with Gasteiger partial charge in [0.1, 0.15) is 5.84 Å². The van der Waals surface area contributed by atoms with Gasteiger partial charge in [0, 0.05) is 10.6 Å². The van der Waals surface area contributed by atoms with E-state index >= 15 is 0 Å². The number of para-hydroxylation sites is 1. The topological polar surface area (TPSA) is 104 Å². The standard InChI is InChI=1S/C22H18N4O4S/c27-20(24-19-13-21(28)26(25-19)16-5-2-1-3-6-16)14-31-17-10-8-15(9-11-17)23-22(29)18-7-4-12-30-18/h1-12H,13-14H2,(H,23,29)(H,24,25,27). The van der Waals surface area contributed by atoms with Crippen LogP contribution in [0.25, 0.3) is 0 Å². The molecular formula is C22H18N4O4S. The largest absolute Gasteiger partial charge is 0.459 e. The first-order valence-electron chi connectivity index (χ1n) is 9.41. The summed E-state index contributed by atoms with van der Waals surface area (Å²) in [5.74, 6) is -0.0506. The van der Waals surface area contributed by atoms with Gasteiger partial charge < -0.3 is 15.1 Å². The molecule has 0 aliphatic carbocycles. The summed E-state index contributed by atoms with van der Waals surface area (Å²) < 4.78 is 5.05. The lowest BCUT2D eigenvalue weighted by Crippen LogP contribution is -2.31. The summed E-state index contributed by atoms with van der Waals surface area (Å²) in [4.78, 5) is 37.2. The molecule has 3 amide bonds. The van der Waals surface area contributed by atoms with Crippen molar-refractivity contribution in [2.45, 2.75) is 11.3 Å². The third kappa shape index (κ3) is 5.20. The second kappa shape index (κ2) is 9.31. The van der Waals surface area contributed by atoms with Crippen molar-refractivity contribution in [1.82, 2.24) is 5.32 Å². The van der Waals surface area contributed by atoms with Crippen LogP contribution in [0.5, 0.6) is 0 Å². The van der Waals surface area contributed by atoms with Gasteiger partial charge in [0.05, 0.1) is 24.1 Å². The average Bonchev–Trinajstić information content (AvgIpc) is 3.44. The molecule has 0 saturated heterocycles. The summed E-state index contributed by atoms with van der Waals surface area (Å²) in [5, 5.41) is 10.9. The Bertz CT molecular complexity index is 1110. The van der Waals surface area contributed by atoms with Crippen LogP contribution in [0.1, 0.15) is 17.0 Å². The van der Waals surface area contributed by atoms with Gasteiger partial charge in [0.25, 0.3) is 11.8 Å². The van der Waals surface area contributed by atoms with Crippen molar-refractivity contribution in [3.63, 3.8) is 0 Å². The number of furan rings is 1. The summed E-state index contributed by atoms with van der Waals surface area (Å²) in [5.41, 5.74) is 1.28. The number of thioether (sulfide) groups is 1. The SMILES string of the molecule is O=C(CSc1ccc(NC(=O)c2ccco2)cc1)NC1=NN(c2ccccc2)C(=O)C1. The number of rotatable bonds is 6. The van der Waals surface area contributed by atoms with E-state index in [4.69, 9.17) is 4.42 Å². The monoisotopic (exact) mass is 434 g/mol. The summed E-state index contributed by atoms with van der Waals surface area (Å²) >= 11 is 1.34. The second-order valence-electron chi connectivity index (χ2n) is 6.56. The molecule has 1 aromatic heterocycles. The smallest absolute Gasteiger partial charge is 0.291 e. The Kier molecular flexibility index (Phi) is 6.13. The number of benzene rings is 2. The molecule has 0 spiro atoms. The molecule has 9 heteroatoms. The summed E-state index contributed by atoms with van der Waals surface area (Å²) in [6, 6.07) is 19.4. The third-order valence-corrected chi connectivity index (χ3v) is 5.30. The van der Waals surface area contributed by atoms with Gasteiger partial charge in [-0.1, -0.05) is 18.2 Å². The van der Waals surface area contributed by atoms with Crippen LogP contribution in [-0.2, 0) is 9.59 Å². The summed E-state index contributed by atoms with van der Waals surface area (Å²) in [6.45, 7) is 0. The van der Waals surface area contributed by atoms with Gasteiger partial charge >= 0.3 is 0 Å². The van der Waals surface area contributed by atoms with Crippen LogP contribution in [0.4, 0.5) is 11.4 Å². The van der Waals surface area contributed by atoms with Crippen LogP contribution >= 0.6 is 11.8 Å². The molecule has 156 valence electrons. The van der Waals surface area contributed by atoms with E-state index in [1.54, 1.807) is 36.4 Å². The van der Waals surface area contributed by atoms with E-state index in [1.807, 2.05) is 30.3 Å². The maximum atomic E-state index is 12.3. The van der Waals surface area contributed by atoms with Crippen LogP contribution in [0, 0.1) is 0 Å². The first kappa shape index (κ1) is 20.4. The fraction of sp³-hybridized carbons (Fsp3) is 0.0909. The minimum Gasteiger partial charge on any atom is -0.459 e. The molecular weight excluding hydrogens is 416 g/mol. The van der Waals surface area contributed by atoms with Crippen molar-refractivity contribution < 1.29 is 18.8 Å². The number of hydrogen-bond acceptors (Lipinski definition) is 6. The Morgan fingerprint density at radius 3 is 2.48 bits per heavy atom. The van der Waals surface area contributed by atoms with Crippen molar-refractivity contribution in [2.75, 3.05) is 16.1 Å². The number of carbonyl (C=O) groups excluding carboxylic acids is 3. The number of hydrogen-bond donors (Lipinski definition) is 2. The molecule has 0 saturated carbocycles. The molecule has 0 atom stereocenters. The number of nitrogens with zero attached hydrogens (tertiary/aromatic N) is 2. The lowest BCUT2D eigenvalue weighted by Gasteiger charge is -2.10. The number of hydrazone groups is 1. The number of anilines is 2. The predicted octanol–water partition coefficient (Wildman–Crippen LogP) is 3.49. The predicted molar refractivity (Wildman–Crippen MR) is 118 cm³/mol. The highest BCUT2D eigenvalue weighted by molar-refractivity contribution is 8.00. The molecule has 8 nitrogen and oxygen atoms in total. The molecule has 0 fully saturated rings. The summed E-state index contributed by atoms with van der Waals surface area (Å²) in [7, 11) is 0. The van der Waals surface area contributed by atoms with Crippen LogP contribution in [0.2, 0.25) is 0 Å². The van der Waals surface area contributed by atoms with E-state index in [0.717, 1.165) is 4.90 Å². The quantitative estimate of drug-likeness (QED) is 0.578. The Morgan fingerprint density at radius 1 is 1.00 bits per heavy atom. The van der Waals surface area contributed by atoms with Gasteiger partial charge in [-0.25, -0.2) is 0 Å². The maximum Gasteiger partial charge on any atom is 0.291 e.